The molecule has 3 aliphatic rings. The van der Waals surface area contributed by atoms with Crippen LogP contribution in [-0.4, -0.2) is 70.2 Å². The molecule has 2 aliphatic heterocycles. The average molecular weight is 445 g/mol. The molecule has 0 radical (unpaired) electrons. The molecule has 1 aliphatic carbocycles. The fourth-order valence-electron chi connectivity index (χ4n) is 6.12. The normalized spacial score (nSPS) is 30.2. The van der Waals surface area contributed by atoms with Gasteiger partial charge in [-0.2, -0.15) is 0 Å². The first-order valence-electron chi connectivity index (χ1n) is 12.3. The Morgan fingerprint density at radius 3 is 1.75 bits per heavy atom. The summed E-state index contributed by atoms with van der Waals surface area (Å²) in [5.74, 6) is -1.05. The molecule has 2 unspecified atom stereocenters. The minimum Gasteiger partial charge on any atom is -0.473 e. The van der Waals surface area contributed by atoms with Crippen LogP contribution in [0.4, 0.5) is 0 Å². The van der Waals surface area contributed by atoms with E-state index >= 15 is 0 Å². The molecule has 2 saturated heterocycles. The molecule has 178 valence electrons. The van der Waals surface area contributed by atoms with Crippen molar-refractivity contribution >= 4 is 11.9 Å². The molecule has 6 heteroatoms. The predicted octanol–water partition coefficient (Wildman–Crippen LogP) is 4.31. The van der Waals surface area contributed by atoms with Crippen LogP contribution in [0.2, 0.25) is 0 Å². The van der Waals surface area contributed by atoms with Gasteiger partial charge in [-0.15, -0.1) is 0 Å². The van der Waals surface area contributed by atoms with Crippen LogP contribution in [0.3, 0.4) is 0 Å². The molecule has 32 heavy (non-hydrogen) atoms. The number of hydrogen-bond acceptors (Lipinski definition) is 4. The van der Waals surface area contributed by atoms with E-state index in [0.717, 1.165) is 29.8 Å². The summed E-state index contributed by atoms with van der Waals surface area (Å²) in [6.07, 6.45) is 9.81. The predicted molar refractivity (Wildman–Crippen MR) is 126 cm³/mol. The first-order valence-corrected chi connectivity index (χ1v) is 12.3. The molecular weight excluding hydrogens is 404 g/mol. The molecule has 0 spiro atoms. The van der Waals surface area contributed by atoms with Crippen molar-refractivity contribution in [2.24, 2.45) is 11.8 Å². The third kappa shape index (κ3) is 7.04. The summed E-state index contributed by atoms with van der Waals surface area (Å²) in [6, 6.07) is 12.9. The fourth-order valence-corrected chi connectivity index (χ4v) is 6.12. The molecule has 2 heterocycles. The summed E-state index contributed by atoms with van der Waals surface area (Å²) in [7, 11) is 0. The van der Waals surface area contributed by atoms with Crippen LogP contribution in [0.1, 0.15) is 70.3 Å². The highest BCUT2D eigenvalue weighted by Gasteiger charge is 2.33. The molecule has 2 atom stereocenters. The van der Waals surface area contributed by atoms with Gasteiger partial charge < -0.3 is 15.1 Å². The van der Waals surface area contributed by atoms with Crippen LogP contribution in [-0.2, 0) is 9.59 Å². The molecular formula is C26H40N2O4. The molecule has 0 bridgehead atoms. The lowest BCUT2D eigenvalue weighted by Crippen LogP contribution is -2.52. The zero-order chi connectivity index (χ0) is 23.1. The van der Waals surface area contributed by atoms with E-state index in [1.54, 1.807) is 5.56 Å². The summed E-state index contributed by atoms with van der Waals surface area (Å²) >= 11 is 0. The zero-order valence-corrected chi connectivity index (χ0v) is 19.7. The van der Waals surface area contributed by atoms with E-state index in [0.29, 0.717) is 0 Å². The SMILES string of the molecule is CC1CC(C)CN(C2CCN(C3CCC(c4ccccc4)CC3)CC2)C1.O=C(O)C(=O)O. The summed E-state index contributed by atoms with van der Waals surface area (Å²) in [4.78, 5) is 23.9. The molecule has 0 amide bonds. The maximum Gasteiger partial charge on any atom is 0.414 e. The Hall–Kier alpha value is -1.92. The molecule has 4 rings (SSSR count). The van der Waals surface area contributed by atoms with E-state index in [1.807, 2.05) is 0 Å². The van der Waals surface area contributed by atoms with Gasteiger partial charge in [0.2, 0.25) is 0 Å². The Bertz CT molecular complexity index is 703. The minimum absolute atomic E-state index is 0.807. The summed E-state index contributed by atoms with van der Waals surface area (Å²) < 4.78 is 0. The van der Waals surface area contributed by atoms with Crippen LogP contribution in [0.25, 0.3) is 0 Å². The molecule has 3 fully saturated rings. The second-order valence-electron chi connectivity index (χ2n) is 10.2. The number of carboxylic acids is 2. The van der Waals surface area contributed by atoms with Crippen LogP contribution in [0.5, 0.6) is 0 Å². The summed E-state index contributed by atoms with van der Waals surface area (Å²) in [6.45, 7) is 10.3. The van der Waals surface area contributed by atoms with Gasteiger partial charge in [-0.05, 0) is 81.4 Å². The van der Waals surface area contributed by atoms with Crippen LogP contribution >= 0.6 is 0 Å². The van der Waals surface area contributed by atoms with Crippen molar-refractivity contribution in [2.45, 2.75) is 76.8 Å². The van der Waals surface area contributed by atoms with Crippen molar-refractivity contribution in [2.75, 3.05) is 26.2 Å². The average Bonchev–Trinajstić information content (AvgIpc) is 2.80. The van der Waals surface area contributed by atoms with Gasteiger partial charge in [0.1, 0.15) is 0 Å². The highest BCUT2D eigenvalue weighted by Crippen LogP contribution is 2.36. The quantitative estimate of drug-likeness (QED) is 0.676. The summed E-state index contributed by atoms with van der Waals surface area (Å²) in [5.41, 5.74) is 1.57. The maximum absolute atomic E-state index is 9.10. The van der Waals surface area contributed by atoms with Crippen molar-refractivity contribution in [3.05, 3.63) is 35.9 Å². The number of carbonyl (C=O) groups is 2. The lowest BCUT2D eigenvalue weighted by molar-refractivity contribution is -0.159. The first-order chi connectivity index (χ1) is 15.3. The molecule has 0 aromatic heterocycles. The standard InChI is InChI=1S/C24H38N2.C2H2O4/c1-19-16-20(2)18-26(17-19)24-12-14-25(15-13-24)23-10-8-22(9-11-23)21-6-4-3-5-7-21;3-1(4)2(5)6/h3-7,19-20,22-24H,8-18H2,1-2H3;(H,3,4)(H,5,6). The largest absolute Gasteiger partial charge is 0.473 e. The number of piperidine rings is 2. The molecule has 1 aromatic carbocycles. The van der Waals surface area contributed by atoms with Gasteiger partial charge in [0.05, 0.1) is 0 Å². The van der Waals surface area contributed by atoms with Crippen LogP contribution in [0, 0.1) is 11.8 Å². The topological polar surface area (TPSA) is 81.1 Å². The van der Waals surface area contributed by atoms with E-state index in [2.05, 4.69) is 54.0 Å². The number of rotatable bonds is 3. The number of nitrogens with zero attached hydrogens (tertiary/aromatic N) is 2. The Labute approximate surface area is 192 Å². The lowest BCUT2D eigenvalue weighted by Gasteiger charge is -2.46. The highest BCUT2D eigenvalue weighted by molar-refractivity contribution is 6.27. The van der Waals surface area contributed by atoms with E-state index in [-0.39, 0.29) is 0 Å². The van der Waals surface area contributed by atoms with Crippen molar-refractivity contribution in [3.8, 4) is 0 Å². The van der Waals surface area contributed by atoms with Crippen molar-refractivity contribution in [3.63, 3.8) is 0 Å². The monoisotopic (exact) mass is 444 g/mol. The van der Waals surface area contributed by atoms with Crippen molar-refractivity contribution in [1.29, 1.82) is 0 Å². The number of carboxylic acid groups (broad SMARTS) is 2. The minimum atomic E-state index is -1.82. The van der Waals surface area contributed by atoms with E-state index in [9.17, 15) is 0 Å². The highest BCUT2D eigenvalue weighted by atomic mass is 16.4. The molecule has 1 saturated carbocycles. The van der Waals surface area contributed by atoms with Gasteiger partial charge in [0, 0.05) is 25.2 Å². The maximum atomic E-state index is 9.10. The number of benzene rings is 1. The molecule has 6 nitrogen and oxygen atoms in total. The van der Waals surface area contributed by atoms with Crippen molar-refractivity contribution < 1.29 is 19.8 Å². The molecule has 2 N–H and O–H groups in total. The molecule has 1 aromatic rings. The Morgan fingerprint density at radius 1 is 0.750 bits per heavy atom. The van der Waals surface area contributed by atoms with Crippen LogP contribution < -0.4 is 0 Å². The third-order valence-corrected chi connectivity index (χ3v) is 7.58. The second kappa shape index (κ2) is 11.8. The fraction of sp³-hybridized carbons (Fsp3) is 0.692. The van der Waals surface area contributed by atoms with Gasteiger partial charge in [0.15, 0.2) is 0 Å². The van der Waals surface area contributed by atoms with E-state index in [4.69, 9.17) is 19.8 Å². The second-order valence-corrected chi connectivity index (χ2v) is 10.2. The first kappa shape index (κ1) is 24.7. The van der Waals surface area contributed by atoms with Gasteiger partial charge in [-0.25, -0.2) is 9.59 Å². The van der Waals surface area contributed by atoms with Gasteiger partial charge in [0.25, 0.3) is 0 Å². The Morgan fingerprint density at radius 2 is 1.25 bits per heavy atom. The Balaban J connectivity index is 0.000000427. The number of aliphatic carboxylic acids is 2. The van der Waals surface area contributed by atoms with Gasteiger partial charge >= 0.3 is 11.9 Å². The number of likely N-dealkylation sites (tertiary alicyclic amines) is 2. The van der Waals surface area contributed by atoms with Gasteiger partial charge in [-0.1, -0.05) is 44.2 Å². The smallest absolute Gasteiger partial charge is 0.414 e. The zero-order valence-electron chi connectivity index (χ0n) is 19.7. The van der Waals surface area contributed by atoms with E-state index in [1.165, 1.54) is 71.1 Å². The van der Waals surface area contributed by atoms with Gasteiger partial charge in [-0.3, -0.25) is 4.90 Å². The van der Waals surface area contributed by atoms with Crippen molar-refractivity contribution in [1.82, 2.24) is 9.80 Å². The third-order valence-electron chi connectivity index (χ3n) is 7.58. The number of hydrogen-bond donors (Lipinski definition) is 2. The summed E-state index contributed by atoms with van der Waals surface area (Å²) in [5, 5.41) is 14.8. The Kier molecular flexibility index (Phi) is 9.11. The lowest BCUT2D eigenvalue weighted by atomic mass is 9.80. The van der Waals surface area contributed by atoms with Crippen LogP contribution in [0.15, 0.2) is 30.3 Å². The van der Waals surface area contributed by atoms with E-state index < -0.39 is 11.9 Å².